The SMILES string of the molecule is Cc1nc(COc2ccccc2)sc1C(=O)Nc1ccc(N2CCCCC2)cc1. The van der Waals surface area contributed by atoms with Gasteiger partial charge in [-0.2, -0.15) is 0 Å². The van der Waals surface area contributed by atoms with Crippen LogP contribution in [0.4, 0.5) is 11.4 Å². The summed E-state index contributed by atoms with van der Waals surface area (Å²) in [7, 11) is 0. The van der Waals surface area contributed by atoms with Gasteiger partial charge in [0.1, 0.15) is 22.2 Å². The number of aryl methyl sites for hydroxylation is 1. The number of nitrogens with zero attached hydrogens (tertiary/aromatic N) is 2. The van der Waals surface area contributed by atoms with Gasteiger partial charge in [0, 0.05) is 24.5 Å². The number of hydrogen-bond donors (Lipinski definition) is 1. The molecular weight excluding hydrogens is 382 g/mol. The van der Waals surface area contributed by atoms with Crippen LogP contribution in [-0.2, 0) is 6.61 Å². The molecule has 1 aliphatic rings. The quantitative estimate of drug-likeness (QED) is 0.604. The Hall–Kier alpha value is -2.86. The van der Waals surface area contributed by atoms with Crippen molar-refractivity contribution in [2.75, 3.05) is 23.3 Å². The second-order valence-corrected chi connectivity index (χ2v) is 8.26. The number of benzene rings is 2. The molecule has 0 spiro atoms. The smallest absolute Gasteiger partial charge is 0.267 e. The molecule has 0 atom stereocenters. The Kier molecular flexibility index (Phi) is 6.10. The molecule has 2 aromatic carbocycles. The van der Waals surface area contributed by atoms with Crippen molar-refractivity contribution in [1.29, 1.82) is 0 Å². The normalized spacial score (nSPS) is 13.9. The van der Waals surface area contributed by atoms with Gasteiger partial charge in [0.05, 0.1) is 5.69 Å². The van der Waals surface area contributed by atoms with Gasteiger partial charge >= 0.3 is 0 Å². The Morgan fingerprint density at radius 1 is 1.07 bits per heavy atom. The zero-order valence-corrected chi connectivity index (χ0v) is 17.4. The van der Waals surface area contributed by atoms with Gasteiger partial charge in [0.2, 0.25) is 0 Å². The minimum atomic E-state index is -0.128. The molecule has 1 amide bonds. The number of nitrogens with one attached hydrogen (secondary N) is 1. The lowest BCUT2D eigenvalue weighted by Crippen LogP contribution is -2.29. The number of rotatable bonds is 6. The molecule has 5 nitrogen and oxygen atoms in total. The molecule has 1 saturated heterocycles. The Balaban J connectivity index is 1.37. The fourth-order valence-electron chi connectivity index (χ4n) is 3.48. The van der Waals surface area contributed by atoms with Gasteiger partial charge < -0.3 is 15.0 Å². The third kappa shape index (κ3) is 4.95. The number of carbonyl (C=O) groups is 1. The maximum atomic E-state index is 12.7. The van der Waals surface area contributed by atoms with Crippen molar-refractivity contribution in [2.45, 2.75) is 32.8 Å². The molecule has 150 valence electrons. The molecule has 2 heterocycles. The minimum Gasteiger partial charge on any atom is -0.486 e. The van der Waals surface area contributed by atoms with E-state index in [0.29, 0.717) is 11.5 Å². The van der Waals surface area contributed by atoms with Crippen LogP contribution >= 0.6 is 11.3 Å². The average molecular weight is 408 g/mol. The Bertz CT molecular complexity index is 948. The minimum absolute atomic E-state index is 0.128. The van der Waals surface area contributed by atoms with E-state index in [0.717, 1.165) is 35.2 Å². The first-order chi connectivity index (χ1) is 14.2. The van der Waals surface area contributed by atoms with Crippen LogP contribution in [0.15, 0.2) is 54.6 Å². The van der Waals surface area contributed by atoms with Gasteiger partial charge in [-0.1, -0.05) is 18.2 Å². The first-order valence-electron chi connectivity index (χ1n) is 9.99. The van der Waals surface area contributed by atoms with Gasteiger partial charge in [-0.15, -0.1) is 11.3 Å². The molecule has 0 aliphatic carbocycles. The number of hydrogen-bond acceptors (Lipinski definition) is 5. The van der Waals surface area contributed by atoms with E-state index in [4.69, 9.17) is 4.74 Å². The fourth-order valence-corrected chi connectivity index (χ4v) is 4.36. The Labute approximate surface area is 175 Å². The highest BCUT2D eigenvalue weighted by molar-refractivity contribution is 7.13. The van der Waals surface area contributed by atoms with E-state index < -0.39 is 0 Å². The second-order valence-electron chi connectivity index (χ2n) is 7.17. The Morgan fingerprint density at radius 3 is 2.52 bits per heavy atom. The van der Waals surface area contributed by atoms with E-state index in [1.54, 1.807) is 0 Å². The molecular formula is C23H25N3O2S. The van der Waals surface area contributed by atoms with Crippen molar-refractivity contribution in [3.05, 3.63) is 70.2 Å². The van der Waals surface area contributed by atoms with Gasteiger partial charge in [-0.3, -0.25) is 4.79 Å². The zero-order valence-electron chi connectivity index (χ0n) is 16.6. The van der Waals surface area contributed by atoms with E-state index >= 15 is 0 Å². The monoisotopic (exact) mass is 407 g/mol. The predicted octanol–water partition coefficient (Wildman–Crippen LogP) is 5.27. The number of piperidine rings is 1. The summed E-state index contributed by atoms with van der Waals surface area (Å²) in [5, 5.41) is 3.78. The number of thiazole rings is 1. The molecule has 0 unspecified atom stereocenters. The number of amides is 1. The van der Waals surface area contributed by atoms with Crippen molar-refractivity contribution in [3.8, 4) is 5.75 Å². The van der Waals surface area contributed by atoms with Gasteiger partial charge in [-0.25, -0.2) is 4.98 Å². The van der Waals surface area contributed by atoms with Crippen LogP contribution < -0.4 is 15.0 Å². The third-order valence-corrected chi connectivity index (χ3v) is 6.13. The van der Waals surface area contributed by atoms with Crippen LogP contribution in [0.25, 0.3) is 0 Å². The maximum Gasteiger partial charge on any atom is 0.267 e. The van der Waals surface area contributed by atoms with Gasteiger partial charge in [-0.05, 0) is 62.6 Å². The Morgan fingerprint density at radius 2 is 1.79 bits per heavy atom. The lowest BCUT2D eigenvalue weighted by molar-refractivity contribution is 0.103. The van der Waals surface area contributed by atoms with Crippen molar-refractivity contribution in [3.63, 3.8) is 0 Å². The van der Waals surface area contributed by atoms with Gasteiger partial charge in [0.25, 0.3) is 5.91 Å². The van der Waals surface area contributed by atoms with E-state index in [2.05, 4.69) is 27.3 Å². The van der Waals surface area contributed by atoms with Crippen LogP contribution in [0.1, 0.15) is 39.6 Å². The summed E-state index contributed by atoms with van der Waals surface area (Å²) in [4.78, 5) is 20.2. The summed E-state index contributed by atoms with van der Waals surface area (Å²) >= 11 is 1.38. The van der Waals surface area contributed by atoms with Crippen molar-refractivity contribution in [2.24, 2.45) is 0 Å². The van der Waals surface area contributed by atoms with Crippen molar-refractivity contribution < 1.29 is 9.53 Å². The van der Waals surface area contributed by atoms with Crippen LogP contribution in [0.2, 0.25) is 0 Å². The topological polar surface area (TPSA) is 54.5 Å². The molecule has 1 N–H and O–H groups in total. The number of anilines is 2. The summed E-state index contributed by atoms with van der Waals surface area (Å²) in [6.07, 6.45) is 3.82. The van der Waals surface area contributed by atoms with Crippen LogP contribution in [0.3, 0.4) is 0 Å². The highest BCUT2D eigenvalue weighted by Gasteiger charge is 2.16. The molecule has 3 aromatic rings. The molecule has 1 aliphatic heterocycles. The highest BCUT2D eigenvalue weighted by Crippen LogP contribution is 2.24. The molecule has 4 rings (SSSR count). The molecule has 29 heavy (non-hydrogen) atoms. The fraction of sp³-hybridized carbons (Fsp3) is 0.304. The average Bonchev–Trinajstić information content (AvgIpc) is 3.15. The van der Waals surface area contributed by atoms with Crippen LogP contribution in [0, 0.1) is 6.92 Å². The summed E-state index contributed by atoms with van der Waals surface area (Å²) in [5.41, 5.74) is 2.74. The number of ether oxygens (including phenoxy) is 1. The van der Waals surface area contributed by atoms with Crippen LogP contribution in [0.5, 0.6) is 5.75 Å². The summed E-state index contributed by atoms with van der Waals surface area (Å²) < 4.78 is 5.74. The molecule has 0 radical (unpaired) electrons. The molecule has 0 saturated carbocycles. The number of para-hydroxylation sites is 1. The van der Waals surface area contributed by atoms with E-state index in [1.807, 2.05) is 49.4 Å². The molecule has 6 heteroatoms. The van der Waals surface area contributed by atoms with E-state index in [1.165, 1.54) is 36.3 Å². The highest BCUT2D eigenvalue weighted by atomic mass is 32.1. The van der Waals surface area contributed by atoms with E-state index in [9.17, 15) is 4.79 Å². The first-order valence-corrected chi connectivity index (χ1v) is 10.8. The number of carbonyl (C=O) groups excluding carboxylic acids is 1. The standard InChI is InChI=1S/C23H25N3O2S/c1-17-22(29-21(24-17)16-28-20-8-4-2-5-9-20)23(27)25-18-10-12-19(13-11-18)26-14-6-3-7-15-26/h2,4-5,8-13H,3,6-7,14-16H2,1H3,(H,25,27). The summed E-state index contributed by atoms with van der Waals surface area (Å²) in [5.74, 6) is 0.664. The molecule has 1 aromatic heterocycles. The largest absolute Gasteiger partial charge is 0.486 e. The van der Waals surface area contributed by atoms with Gasteiger partial charge in [0.15, 0.2) is 0 Å². The zero-order chi connectivity index (χ0) is 20.1. The number of aromatic nitrogens is 1. The second kappa shape index (κ2) is 9.09. The lowest BCUT2D eigenvalue weighted by Gasteiger charge is -2.28. The van der Waals surface area contributed by atoms with Crippen LogP contribution in [-0.4, -0.2) is 24.0 Å². The summed E-state index contributed by atoms with van der Waals surface area (Å²) in [6.45, 7) is 4.43. The summed E-state index contributed by atoms with van der Waals surface area (Å²) in [6, 6.07) is 17.7. The molecule has 0 bridgehead atoms. The van der Waals surface area contributed by atoms with E-state index in [-0.39, 0.29) is 5.91 Å². The van der Waals surface area contributed by atoms with Crippen molar-refractivity contribution in [1.82, 2.24) is 4.98 Å². The molecule has 1 fully saturated rings. The first kappa shape index (κ1) is 19.5. The lowest BCUT2D eigenvalue weighted by atomic mass is 10.1. The maximum absolute atomic E-state index is 12.7. The predicted molar refractivity (Wildman–Crippen MR) is 118 cm³/mol. The van der Waals surface area contributed by atoms with Crippen molar-refractivity contribution >= 4 is 28.6 Å². The third-order valence-electron chi connectivity index (χ3n) is 5.00.